The van der Waals surface area contributed by atoms with E-state index < -0.39 is 0 Å². The standard InChI is InChI=1S/C17H21N5O/c18-17(23)22-8-4-5-13(12-22)9-20-16-11-19-15(10-21-16)14-6-2-1-3-7-14/h1-3,6-7,10-11,13H,4-5,8-9,12H2,(H2,18,23)(H,20,21). The van der Waals surface area contributed by atoms with Crippen LogP contribution in [-0.2, 0) is 0 Å². The first-order chi connectivity index (χ1) is 11.2. The van der Waals surface area contributed by atoms with Gasteiger partial charge in [0.2, 0.25) is 0 Å². The summed E-state index contributed by atoms with van der Waals surface area (Å²) < 4.78 is 0. The van der Waals surface area contributed by atoms with Gasteiger partial charge in [-0.05, 0) is 18.8 Å². The van der Waals surface area contributed by atoms with E-state index in [0.717, 1.165) is 43.0 Å². The lowest BCUT2D eigenvalue weighted by molar-refractivity contribution is 0.177. The summed E-state index contributed by atoms with van der Waals surface area (Å²) in [6.45, 7) is 2.23. The Morgan fingerprint density at radius 2 is 2.09 bits per heavy atom. The Hall–Kier alpha value is -2.63. The molecule has 6 heteroatoms. The van der Waals surface area contributed by atoms with Crippen molar-refractivity contribution in [3.05, 3.63) is 42.7 Å². The van der Waals surface area contributed by atoms with E-state index in [9.17, 15) is 4.79 Å². The minimum Gasteiger partial charge on any atom is -0.368 e. The molecule has 1 unspecified atom stereocenters. The molecular formula is C17H21N5O. The van der Waals surface area contributed by atoms with Gasteiger partial charge in [0.25, 0.3) is 0 Å². The van der Waals surface area contributed by atoms with Crippen molar-refractivity contribution >= 4 is 11.8 Å². The quantitative estimate of drug-likeness (QED) is 0.907. The van der Waals surface area contributed by atoms with E-state index in [0.29, 0.717) is 12.5 Å². The molecule has 0 saturated carbocycles. The topological polar surface area (TPSA) is 84.1 Å². The third-order valence-electron chi connectivity index (χ3n) is 4.12. The normalized spacial score (nSPS) is 17.7. The van der Waals surface area contributed by atoms with Gasteiger partial charge >= 0.3 is 6.03 Å². The van der Waals surface area contributed by atoms with Crippen LogP contribution in [-0.4, -0.2) is 40.5 Å². The van der Waals surface area contributed by atoms with Gasteiger partial charge in [-0.3, -0.25) is 4.98 Å². The lowest BCUT2D eigenvalue weighted by Gasteiger charge is -2.31. The van der Waals surface area contributed by atoms with Crippen LogP contribution in [0.4, 0.5) is 10.6 Å². The van der Waals surface area contributed by atoms with Gasteiger partial charge in [0.1, 0.15) is 5.82 Å². The minimum absolute atomic E-state index is 0.332. The summed E-state index contributed by atoms with van der Waals surface area (Å²) in [7, 11) is 0. The maximum Gasteiger partial charge on any atom is 0.314 e. The van der Waals surface area contributed by atoms with E-state index in [4.69, 9.17) is 5.73 Å². The average Bonchev–Trinajstić information content (AvgIpc) is 2.61. The van der Waals surface area contributed by atoms with E-state index in [2.05, 4.69) is 15.3 Å². The van der Waals surface area contributed by atoms with E-state index >= 15 is 0 Å². The lowest BCUT2D eigenvalue weighted by Crippen LogP contribution is -2.44. The molecular weight excluding hydrogens is 290 g/mol. The van der Waals surface area contributed by atoms with Crippen molar-refractivity contribution in [1.29, 1.82) is 0 Å². The number of nitrogens with two attached hydrogens (primary N) is 1. The van der Waals surface area contributed by atoms with E-state index in [1.807, 2.05) is 30.3 Å². The highest BCUT2D eigenvalue weighted by Gasteiger charge is 2.21. The van der Waals surface area contributed by atoms with Gasteiger partial charge in [0, 0.05) is 25.2 Å². The van der Waals surface area contributed by atoms with Crippen molar-refractivity contribution < 1.29 is 4.79 Å². The molecule has 2 aromatic rings. The average molecular weight is 311 g/mol. The van der Waals surface area contributed by atoms with Crippen LogP contribution in [0.5, 0.6) is 0 Å². The van der Waals surface area contributed by atoms with Crippen LogP contribution in [0.25, 0.3) is 11.3 Å². The highest BCUT2D eigenvalue weighted by molar-refractivity contribution is 5.72. The smallest absolute Gasteiger partial charge is 0.314 e. The van der Waals surface area contributed by atoms with Crippen LogP contribution in [0, 0.1) is 5.92 Å². The molecule has 6 nitrogen and oxygen atoms in total. The zero-order chi connectivity index (χ0) is 16.1. The number of piperidine rings is 1. The number of likely N-dealkylation sites (tertiary alicyclic amines) is 1. The largest absolute Gasteiger partial charge is 0.368 e. The summed E-state index contributed by atoms with van der Waals surface area (Å²) in [5.41, 5.74) is 7.26. The van der Waals surface area contributed by atoms with Crippen molar-refractivity contribution in [3.8, 4) is 11.3 Å². The summed E-state index contributed by atoms with van der Waals surface area (Å²) in [5, 5.41) is 3.30. The molecule has 1 aromatic heterocycles. The van der Waals surface area contributed by atoms with Crippen molar-refractivity contribution in [1.82, 2.24) is 14.9 Å². The number of anilines is 1. The number of rotatable bonds is 4. The zero-order valence-electron chi connectivity index (χ0n) is 13.0. The van der Waals surface area contributed by atoms with Gasteiger partial charge in [-0.2, -0.15) is 0 Å². The summed E-state index contributed by atoms with van der Waals surface area (Å²) in [6.07, 6.45) is 5.60. The molecule has 0 spiro atoms. The number of benzene rings is 1. The van der Waals surface area contributed by atoms with E-state index in [1.165, 1.54) is 0 Å². The van der Waals surface area contributed by atoms with Gasteiger partial charge in [-0.25, -0.2) is 9.78 Å². The molecule has 0 bridgehead atoms. The number of aromatic nitrogens is 2. The maximum absolute atomic E-state index is 11.3. The Bertz CT molecular complexity index is 644. The van der Waals surface area contributed by atoms with Crippen LogP contribution in [0.1, 0.15) is 12.8 Å². The lowest BCUT2D eigenvalue weighted by atomic mass is 9.98. The van der Waals surface area contributed by atoms with Crippen molar-refractivity contribution in [2.24, 2.45) is 11.7 Å². The number of urea groups is 1. The number of carbonyl (C=O) groups is 1. The van der Waals surface area contributed by atoms with Gasteiger partial charge in [0.05, 0.1) is 18.1 Å². The van der Waals surface area contributed by atoms with Gasteiger partial charge in [0.15, 0.2) is 0 Å². The summed E-state index contributed by atoms with van der Waals surface area (Å²) >= 11 is 0. The number of amides is 2. The molecule has 1 atom stereocenters. The van der Waals surface area contributed by atoms with Crippen LogP contribution in [0.2, 0.25) is 0 Å². The number of primary amides is 1. The monoisotopic (exact) mass is 311 g/mol. The second-order valence-corrected chi connectivity index (χ2v) is 5.83. The third kappa shape index (κ3) is 3.97. The highest BCUT2D eigenvalue weighted by Crippen LogP contribution is 2.18. The summed E-state index contributed by atoms with van der Waals surface area (Å²) in [5.74, 6) is 1.15. The summed E-state index contributed by atoms with van der Waals surface area (Å²) in [6, 6.07) is 9.64. The molecule has 120 valence electrons. The van der Waals surface area contributed by atoms with Gasteiger partial charge < -0.3 is 16.0 Å². The molecule has 2 heterocycles. The second-order valence-electron chi connectivity index (χ2n) is 5.83. The Morgan fingerprint density at radius 1 is 1.26 bits per heavy atom. The Kier molecular flexibility index (Phi) is 4.71. The Balaban J connectivity index is 1.56. The predicted octanol–water partition coefficient (Wildman–Crippen LogP) is 2.35. The minimum atomic E-state index is -0.332. The molecule has 1 fully saturated rings. The number of hydrogen-bond acceptors (Lipinski definition) is 4. The van der Waals surface area contributed by atoms with Crippen LogP contribution < -0.4 is 11.1 Å². The zero-order valence-corrected chi connectivity index (χ0v) is 13.0. The van der Waals surface area contributed by atoms with Crippen LogP contribution in [0.15, 0.2) is 42.7 Å². The first-order valence-corrected chi connectivity index (χ1v) is 7.88. The van der Waals surface area contributed by atoms with Crippen molar-refractivity contribution in [2.45, 2.75) is 12.8 Å². The SMILES string of the molecule is NC(=O)N1CCCC(CNc2cnc(-c3ccccc3)cn2)C1. The Morgan fingerprint density at radius 3 is 2.78 bits per heavy atom. The third-order valence-corrected chi connectivity index (χ3v) is 4.12. The van der Waals surface area contributed by atoms with E-state index in [1.54, 1.807) is 17.3 Å². The molecule has 3 rings (SSSR count). The molecule has 1 saturated heterocycles. The van der Waals surface area contributed by atoms with Gasteiger partial charge in [-0.1, -0.05) is 30.3 Å². The Labute approximate surface area is 135 Å². The van der Waals surface area contributed by atoms with Crippen LogP contribution >= 0.6 is 0 Å². The van der Waals surface area contributed by atoms with Crippen LogP contribution in [0.3, 0.4) is 0 Å². The molecule has 23 heavy (non-hydrogen) atoms. The number of nitrogens with zero attached hydrogens (tertiary/aromatic N) is 3. The first kappa shape index (κ1) is 15.3. The number of nitrogens with one attached hydrogen (secondary N) is 1. The molecule has 0 radical (unpaired) electrons. The predicted molar refractivity (Wildman–Crippen MR) is 89.8 cm³/mol. The van der Waals surface area contributed by atoms with E-state index in [-0.39, 0.29) is 6.03 Å². The molecule has 1 aliphatic heterocycles. The van der Waals surface area contributed by atoms with Crippen molar-refractivity contribution in [3.63, 3.8) is 0 Å². The first-order valence-electron chi connectivity index (χ1n) is 7.88. The second kappa shape index (κ2) is 7.09. The number of carbonyl (C=O) groups excluding carboxylic acids is 1. The fourth-order valence-corrected chi connectivity index (χ4v) is 2.86. The summed E-state index contributed by atoms with van der Waals surface area (Å²) in [4.78, 5) is 21.8. The van der Waals surface area contributed by atoms with Crippen molar-refractivity contribution in [2.75, 3.05) is 25.0 Å². The molecule has 2 amide bonds. The molecule has 0 aliphatic carbocycles. The number of hydrogen-bond donors (Lipinski definition) is 2. The highest BCUT2D eigenvalue weighted by atomic mass is 16.2. The fourth-order valence-electron chi connectivity index (χ4n) is 2.86. The molecule has 1 aromatic carbocycles. The van der Waals surface area contributed by atoms with Gasteiger partial charge in [-0.15, -0.1) is 0 Å². The maximum atomic E-state index is 11.3. The molecule has 1 aliphatic rings. The fraction of sp³-hybridized carbons (Fsp3) is 0.353. The molecule has 3 N–H and O–H groups in total.